The molecular formula is C23H29N3O5. The maximum atomic E-state index is 13.3. The van der Waals surface area contributed by atoms with Crippen LogP contribution >= 0.6 is 0 Å². The van der Waals surface area contributed by atoms with Gasteiger partial charge >= 0.3 is 0 Å². The topological polar surface area (TPSA) is 111 Å². The Labute approximate surface area is 182 Å². The molecule has 0 bridgehead atoms. The van der Waals surface area contributed by atoms with Gasteiger partial charge in [0.25, 0.3) is 5.91 Å². The van der Waals surface area contributed by atoms with E-state index in [-0.39, 0.29) is 18.4 Å². The molecule has 0 aliphatic rings. The monoisotopic (exact) mass is 427 g/mol. The van der Waals surface area contributed by atoms with Crippen LogP contribution in [0.2, 0.25) is 0 Å². The van der Waals surface area contributed by atoms with E-state index in [0.29, 0.717) is 22.7 Å². The quantitative estimate of drug-likeness (QED) is 0.673. The molecule has 3 amide bonds. The summed E-state index contributed by atoms with van der Waals surface area (Å²) < 4.78 is 10.7. The lowest BCUT2D eigenvalue weighted by molar-refractivity contribution is -0.127. The van der Waals surface area contributed by atoms with Crippen molar-refractivity contribution in [1.82, 2.24) is 5.32 Å². The van der Waals surface area contributed by atoms with Crippen molar-refractivity contribution in [3.8, 4) is 11.5 Å². The SMILES string of the molecule is COc1ccccc1N(C(C)=O)C(C(=O)NC(C)(C)C)c1ccc(OCC(N)=O)cc1. The number of anilines is 1. The standard InChI is InChI=1S/C23H29N3O5/c1-15(27)26(18-8-6-7-9-19(18)30-5)21(22(29)25-23(2,3)4)16-10-12-17(13-11-16)31-14-20(24)28/h6-13,21H,14H2,1-5H3,(H2,24,28)(H,25,29). The molecular weight excluding hydrogens is 398 g/mol. The zero-order chi connectivity index (χ0) is 23.2. The molecule has 0 spiro atoms. The number of hydrogen-bond donors (Lipinski definition) is 2. The smallest absolute Gasteiger partial charge is 0.255 e. The number of nitrogens with zero attached hydrogens (tertiary/aromatic N) is 1. The Hall–Kier alpha value is -3.55. The molecule has 166 valence electrons. The number of hydrogen-bond acceptors (Lipinski definition) is 5. The first-order chi connectivity index (χ1) is 14.5. The fraction of sp³-hybridized carbons (Fsp3) is 0.348. The third-order valence-corrected chi connectivity index (χ3v) is 4.27. The van der Waals surface area contributed by atoms with Crippen molar-refractivity contribution in [1.29, 1.82) is 0 Å². The number of nitrogens with one attached hydrogen (secondary N) is 1. The van der Waals surface area contributed by atoms with Crippen LogP contribution in [0.4, 0.5) is 5.69 Å². The van der Waals surface area contributed by atoms with E-state index in [9.17, 15) is 14.4 Å². The number of para-hydroxylation sites is 2. The number of amides is 3. The summed E-state index contributed by atoms with van der Waals surface area (Å²) >= 11 is 0. The summed E-state index contributed by atoms with van der Waals surface area (Å²) in [7, 11) is 1.51. The molecule has 3 N–H and O–H groups in total. The average Bonchev–Trinajstić information content (AvgIpc) is 2.69. The lowest BCUT2D eigenvalue weighted by Crippen LogP contribution is -2.49. The second-order valence-electron chi connectivity index (χ2n) is 8.03. The Morgan fingerprint density at radius 3 is 2.19 bits per heavy atom. The van der Waals surface area contributed by atoms with Crippen LogP contribution in [0.5, 0.6) is 11.5 Å². The largest absolute Gasteiger partial charge is 0.495 e. The number of methoxy groups -OCH3 is 1. The van der Waals surface area contributed by atoms with Gasteiger partial charge in [0.1, 0.15) is 17.5 Å². The molecule has 1 unspecified atom stereocenters. The van der Waals surface area contributed by atoms with Gasteiger partial charge in [-0.3, -0.25) is 19.3 Å². The van der Waals surface area contributed by atoms with E-state index >= 15 is 0 Å². The van der Waals surface area contributed by atoms with Gasteiger partial charge < -0.3 is 20.5 Å². The van der Waals surface area contributed by atoms with E-state index < -0.39 is 17.5 Å². The van der Waals surface area contributed by atoms with E-state index in [2.05, 4.69) is 5.32 Å². The summed E-state index contributed by atoms with van der Waals surface area (Å²) in [5.74, 6) is -0.380. The fourth-order valence-corrected chi connectivity index (χ4v) is 3.08. The van der Waals surface area contributed by atoms with Crippen molar-refractivity contribution in [2.45, 2.75) is 39.3 Å². The summed E-state index contributed by atoms with van der Waals surface area (Å²) in [5.41, 5.74) is 5.63. The van der Waals surface area contributed by atoms with Crippen molar-refractivity contribution in [2.75, 3.05) is 18.6 Å². The molecule has 2 aromatic carbocycles. The van der Waals surface area contributed by atoms with Gasteiger partial charge in [-0.25, -0.2) is 0 Å². The predicted octanol–water partition coefficient (Wildman–Crippen LogP) is 2.57. The van der Waals surface area contributed by atoms with Crippen molar-refractivity contribution in [3.63, 3.8) is 0 Å². The van der Waals surface area contributed by atoms with Gasteiger partial charge in [0.05, 0.1) is 12.8 Å². The van der Waals surface area contributed by atoms with Gasteiger partial charge in [-0.05, 0) is 50.6 Å². The van der Waals surface area contributed by atoms with E-state index in [1.165, 1.54) is 18.9 Å². The van der Waals surface area contributed by atoms with Gasteiger partial charge in [-0.15, -0.1) is 0 Å². The molecule has 0 heterocycles. The van der Waals surface area contributed by atoms with Crippen LogP contribution in [0.1, 0.15) is 39.3 Å². The Bertz CT molecular complexity index is 935. The van der Waals surface area contributed by atoms with E-state index in [1.54, 1.807) is 48.5 Å². The lowest BCUT2D eigenvalue weighted by Gasteiger charge is -2.33. The number of nitrogens with two attached hydrogens (primary N) is 1. The number of rotatable bonds is 8. The first-order valence-electron chi connectivity index (χ1n) is 9.79. The Balaban J connectivity index is 2.54. The molecule has 8 heteroatoms. The maximum Gasteiger partial charge on any atom is 0.255 e. The molecule has 8 nitrogen and oxygen atoms in total. The maximum absolute atomic E-state index is 13.3. The molecule has 31 heavy (non-hydrogen) atoms. The second-order valence-corrected chi connectivity index (χ2v) is 8.03. The van der Waals surface area contributed by atoms with Crippen LogP contribution in [0.25, 0.3) is 0 Å². The van der Waals surface area contributed by atoms with Gasteiger partial charge in [0.2, 0.25) is 11.8 Å². The Morgan fingerprint density at radius 1 is 1.06 bits per heavy atom. The molecule has 0 fully saturated rings. The van der Waals surface area contributed by atoms with Crippen molar-refractivity contribution in [2.24, 2.45) is 5.73 Å². The van der Waals surface area contributed by atoms with Gasteiger partial charge in [0, 0.05) is 12.5 Å². The highest BCUT2D eigenvalue weighted by Crippen LogP contribution is 2.35. The highest BCUT2D eigenvalue weighted by Gasteiger charge is 2.34. The minimum absolute atomic E-state index is 0.256. The summed E-state index contributed by atoms with van der Waals surface area (Å²) in [5, 5.41) is 2.95. The molecule has 0 aliphatic heterocycles. The number of ether oxygens (including phenoxy) is 2. The first-order valence-corrected chi connectivity index (χ1v) is 9.79. The van der Waals surface area contributed by atoms with Crippen LogP contribution in [0.3, 0.4) is 0 Å². The van der Waals surface area contributed by atoms with Crippen LogP contribution in [0, 0.1) is 0 Å². The fourth-order valence-electron chi connectivity index (χ4n) is 3.08. The Kier molecular flexibility index (Phi) is 7.63. The molecule has 0 saturated carbocycles. The van der Waals surface area contributed by atoms with Crippen LogP contribution < -0.4 is 25.4 Å². The highest BCUT2D eigenvalue weighted by atomic mass is 16.5. The van der Waals surface area contributed by atoms with Crippen LogP contribution in [-0.4, -0.2) is 37.0 Å². The third kappa shape index (κ3) is 6.47. The summed E-state index contributed by atoms with van der Waals surface area (Å²) in [6.45, 7) is 6.74. The highest BCUT2D eigenvalue weighted by molar-refractivity contribution is 6.01. The summed E-state index contributed by atoms with van der Waals surface area (Å²) in [6.07, 6.45) is 0. The van der Waals surface area contributed by atoms with E-state index in [4.69, 9.17) is 15.2 Å². The zero-order valence-corrected chi connectivity index (χ0v) is 18.5. The van der Waals surface area contributed by atoms with E-state index in [0.717, 1.165) is 0 Å². The number of benzene rings is 2. The van der Waals surface area contributed by atoms with Crippen LogP contribution in [-0.2, 0) is 14.4 Å². The minimum atomic E-state index is -0.960. The van der Waals surface area contributed by atoms with Crippen LogP contribution in [0.15, 0.2) is 48.5 Å². The average molecular weight is 428 g/mol. The summed E-state index contributed by atoms with van der Waals surface area (Å²) in [4.78, 5) is 38.4. The number of carbonyl (C=O) groups is 3. The Morgan fingerprint density at radius 2 is 1.68 bits per heavy atom. The van der Waals surface area contributed by atoms with Gasteiger partial charge in [0.15, 0.2) is 6.61 Å². The molecule has 0 saturated heterocycles. The second kappa shape index (κ2) is 9.97. The van der Waals surface area contributed by atoms with Gasteiger partial charge in [-0.2, -0.15) is 0 Å². The molecule has 2 rings (SSSR count). The van der Waals surface area contributed by atoms with Crippen molar-refractivity contribution < 1.29 is 23.9 Å². The normalized spacial score (nSPS) is 11.9. The zero-order valence-electron chi connectivity index (χ0n) is 18.5. The van der Waals surface area contributed by atoms with Gasteiger partial charge in [-0.1, -0.05) is 24.3 Å². The lowest BCUT2D eigenvalue weighted by atomic mass is 10.0. The molecule has 1 atom stereocenters. The van der Waals surface area contributed by atoms with E-state index in [1.807, 2.05) is 20.8 Å². The molecule has 0 aliphatic carbocycles. The number of primary amides is 1. The minimum Gasteiger partial charge on any atom is -0.495 e. The first kappa shape index (κ1) is 23.7. The van der Waals surface area contributed by atoms with Crippen molar-refractivity contribution >= 4 is 23.4 Å². The molecule has 2 aromatic rings. The third-order valence-electron chi connectivity index (χ3n) is 4.27. The summed E-state index contributed by atoms with van der Waals surface area (Å²) in [6, 6.07) is 12.6. The molecule has 0 radical (unpaired) electrons. The molecule has 0 aromatic heterocycles. The van der Waals surface area contributed by atoms with Crippen molar-refractivity contribution in [3.05, 3.63) is 54.1 Å². The predicted molar refractivity (Wildman–Crippen MR) is 118 cm³/mol. The number of carbonyl (C=O) groups excluding carboxylic acids is 3.